The second kappa shape index (κ2) is 12.6. The Balaban J connectivity index is 1.42. The Bertz CT molecular complexity index is 1010. The summed E-state index contributed by atoms with van der Waals surface area (Å²) in [5.41, 5.74) is 1.51. The number of benzene rings is 2. The lowest BCUT2D eigenvalue weighted by Crippen LogP contribution is -2.46. The number of ether oxygens (including phenoxy) is 4. The summed E-state index contributed by atoms with van der Waals surface area (Å²) in [4.78, 5) is 38.4. The number of nitrogens with one attached hydrogen (secondary N) is 1. The van der Waals surface area contributed by atoms with Gasteiger partial charge in [0.15, 0.2) is 11.5 Å². The second-order valence-electron chi connectivity index (χ2n) is 8.13. The first kappa shape index (κ1) is 25.9. The smallest absolute Gasteiger partial charge is 0.493 e. The van der Waals surface area contributed by atoms with Crippen LogP contribution in [0.2, 0.25) is 0 Å². The summed E-state index contributed by atoms with van der Waals surface area (Å²) in [6, 6.07) is 12.1. The lowest BCUT2D eigenvalue weighted by atomic mass is 10.0. The van der Waals surface area contributed by atoms with Gasteiger partial charge in [-0.05, 0) is 68.1 Å². The number of likely N-dealkylation sites (tertiary alicyclic amines) is 1. The molecule has 1 heterocycles. The molecule has 2 amide bonds. The van der Waals surface area contributed by atoms with Crippen molar-refractivity contribution in [3.63, 3.8) is 0 Å². The number of piperidine rings is 1. The lowest BCUT2D eigenvalue weighted by molar-refractivity contribution is -0.122. The molecule has 2 aromatic rings. The standard InChI is InChI=1S/C26H32N2O7/c1-4-34-26(31)35-21-9-7-19(8-10-21)25(30)28-15-13-20(14-16-28)27-24(29)12-6-18-5-11-22(32-2)23(17-18)33-3/h5,7-11,17,20H,4,6,12-16H2,1-3H3,(H,27,29). The Morgan fingerprint density at radius 2 is 1.66 bits per heavy atom. The van der Waals surface area contributed by atoms with E-state index in [4.69, 9.17) is 18.9 Å². The van der Waals surface area contributed by atoms with Crippen molar-refractivity contribution in [2.45, 2.75) is 38.6 Å². The van der Waals surface area contributed by atoms with E-state index in [1.165, 1.54) is 0 Å². The molecule has 0 aromatic heterocycles. The number of methoxy groups -OCH3 is 2. The average Bonchev–Trinajstić information content (AvgIpc) is 2.88. The van der Waals surface area contributed by atoms with E-state index in [2.05, 4.69) is 5.32 Å². The average molecular weight is 485 g/mol. The first-order chi connectivity index (χ1) is 16.9. The third kappa shape index (κ3) is 7.37. The first-order valence-electron chi connectivity index (χ1n) is 11.7. The van der Waals surface area contributed by atoms with E-state index < -0.39 is 6.16 Å². The molecule has 0 radical (unpaired) electrons. The molecule has 188 valence electrons. The Morgan fingerprint density at radius 1 is 0.971 bits per heavy atom. The van der Waals surface area contributed by atoms with E-state index in [1.807, 2.05) is 18.2 Å². The number of nitrogens with zero attached hydrogens (tertiary/aromatic N) is 1. The maximum atomic E-state index is 12.8. The molecule has 1 aliphatic heterocycles. The van der Waals surface area contributed by atoms with Gasteiger partial charge >= 0.3 is 6.16 Å². The highest BCUT2D eigenvalue weighted by molar-refractivity contribution is 5.94. The molecule has 0 saturated carbocycles. The van der Waals surface area contributed by atoms with Crippen LogP contribution in [0.25, 0.3) is 0 Å². The van der Waals surface area contributed by atoms with Crippen LogP contribution in [0, 0.1) is 0 Å². The minimum Gasteiger partial charge on any atom is -0.493 e. The van der Waals surface area contributed by atoms with E-state index in [1.54, 1.807) is 50.3 Å². The van der Waals surface area contributed by atoms with Crippen LogP contribution in [0.1, 0.15) is 42.1 Å². The molecule has 0 atom stereocenters. The molecule has 0 aliphatic carbocycles. The Hall–Kier alpha value is -3.75. The predicted molar refractivity (Wildman–Crippen MR) is 129 cm³/mol. The molecule has 2 aromatic carbocycles. The number of rotatable bonds is 9. The summed E-state index contributed by atoms with van der Waals surface area (Å²) >= 11 is 0. The van der Waals surface area contributed by atoms with Gasteiger partial charge in [-0.2, -0.15) is 0 Å². The van der Waals surface area contributed by atoms with E-state index >= 15 is 0 Å². The third-order valence-electron chi connectivity index (χ3n) is 5.80. The number of carbonyl (C=O) groups excluding carboxylic acids is 3. The van der Waals surface area contributed by atoms with Crippen molar-refractivity contribution in [3.8, 4) is 17.2 Å². The second-order valence-corrected chi connectivity index (χ2v) is 8.13. The van der Waals surface area contributed by atoms with Crippen LogP contribution >= 0.6 is 0 Å². The van der Waals surface area contributed by atoms with E-state index in [0.29, 0.717) is 61.6 Å². The largest absolute Gasteiger partial charge is 0.513 e. The maximum absolute atomic E-state index is 12.8. The van der Waals surface area contributed by atoms with E-state index in [0.717, 1.165) is 5.56 Å². The molecule has 0 bridgehead atoms. The van der Waals surface area contributed by atoms with Gasteiger partial charge in [0.1, 0.15) is 5.75 Å². The summed E-state index contributed by atoms with van der Waals surface area (Å²) < 4.78 is 20.3. The Kier molecular flexibility index (Phi) is 9.34. The minimum atomic E-state index is -0.778. The zero-order valence-electron chi connectivity index (χ0n) is 20.4. The van der Waals surface area contributed by atoms with Gasteiger partial charge < -0.3 is 29.2 Å². The van der Waals surface area contributed by atoms with Gasteiger partial charge in [0.25, 0.3) is 5.91 Å². The molecule has 1 N–H and O–H groups in total. The van der Waals surface area contributed by atoms with Crippen LogP contribution in [0.5, 0.6) is 17.2 Å². The van der Waals surface area contributed by atoms with Crippen molar-refractivity contribution in [2.24, 2.45) is 0 Å². The van der Waals surface area contributed by atoms with Crippen molar-refractivity contribution in [1.82, 2.24) is 10.2 Å². The highest BCUT2D eigenvalue weighted by Gasteiger charge is 2.24. The van der Waals surface area contributed by atoms with Crippen molar-refractivity contribution >= 4 is 18.0 Å². The van der Waals surface area contributed by atoms with E-state index in [9.17, 15) is 14.4 Å². The van der Waals surface area contributed by atoms with Crippen molar-refractivity contribution in [1.29, 1.82) is 0 Å². The molecule has 9 heteroatoms. The number of hydrogen-bond acceptors (Lipinski definition) is 7. The number of amides is 2. The van der Waals surface area contributed by atoms with Crippen LogP contribution in [0.4, 0.5) is 4.79 Å². The SMILES string of the molecule is CCOC(=O)Oc1ccc(C(=O)N2CCC(NC(=O)CCc3ccc(OC)c(OC)c3)CC2)cc1. The quantitative estimate of drug-likeness (QED) is 0.429. The fraction of sp³-hybridized carbons (Fsp3) is 0.423. The molecule has 1 saturated heterocycles. The van der Waals surface area contributed by atoms with Gasteiger partial charge in [0.2, 0.25) is 5.91 Å². The van der Waals surface area contributed by atoms with Crippen molar-refractivity contribution < 1.29 is 33.3 Å². The molecule has 0 unspecified atom stereocenters. The van der Waals surface area contributed by atoms with Crippen LogP contribution in [-0.4, -0.2) is 62.8 Å². The monoisotopic (exact) mass is 484 g/mol. The zero-order valence-corrected chi connectivity index (χ0v) is 20.4. The summed E-state index contributed by atoms with van der Waals surface area (Å²) in [6.45, 7) is 3.03. The van der Waals surface area contributed by atoms with Gasteiger partial charge in [-0.25, -0.2) is 4.79 Å². The third-order valence-corrected chi connectivity index (χ3v) is 5.80. The summed E-state index contributed by atoms with van der Waals surface area (Å²) in [7, 11) is 3.17. The first-order valence-corrected chi connectivity index (χ1v) is 11.7. The van der Waals surface area contributed by atoms with Gasteiger partial charge in [-0.15, -0.1) is 0 Å². The molecule has 1 aliphatic rings. The normalized spacial score (nSPS) is 13.6. The molecular weight excluding hydrogens is 452 g/mol. The maximum Gasteiger partial charge on any atom is 0.513 e. The summed E-state index contributed by atoms with van der Waals surface area (Å²) in [5, 5.41) is 3.08. The highest BCUT2D eigenvalue weighted by Crippen LogP contribution is 2.28. The molecule has 9 nitrogen and oxygen atoms in total. The van der Waals surface area contributed by atoms with Crippen molar-refractivity contribution in [3.05, 3.63) is 53.6 Å². The topological polar surface area (TPSA) is 103 Å². The number of hydrogen-bond donors (Lipinski definition) is 1. The zero-order chi connectivity index (χ0) is 25.2. The van der Waals surface area contributed by atoms with Gasteiger partial charge in [-0.1, -0.05) is 6.07 Å². The molecule has 0 spiro atoms. The van der Waals surface area contributed by atoms with Gasteiger partial charge in [-0.3, -0.25) is 9.59 Å². The Morgan fingerprint density at radius 3 is 2.29 bits per heavy atom. The predicted octanol–water partition coefficient (Wildman–Crippen LogP) is 3.59. The van der Waals surface area contributed by atoms with E-state index in [-0.39, 0.29) is 24.5 Å². The van der Waals surface area contributed by atoms with Crippen molar-refractivity contribution in [2.75, 3.05) is 33.9 Å². The number of carbonyl (C=O) groups is 3. The lowest BCUT2D eigenvalue weighted by Gasteiger charge is -2.32. The Labute approximate surface area is 205 Å². The van der Waals surface area contributed by atoms with Crippen LogP contribution < -0.4 is 19.5 Å². The fourth-order valence-electron chi connectivity index (χ4n) is 3.91. The minimum absolute atomic E-state index is 0.0123. The van der Waals surface area contributed by atoms with Gasteiger partial charge in [0.05, 0.1) is 20.8 Å². The van der Waals surface area contributed by atoms with Crippen LogP contribution in [0.3, 0.4) is 0 Å². The molecule has 1 fully saturated rings. The highest BCUT2D eigenvalue weighted by atomic mass is 16.7. The van der Waals surface area contributed by atoms with Crippen LogP contribution in [0.15, 0.2) is 42.5 Å². The summed E-state index contributed by atoms with van der Waals surface area (Å²) in [5.74, 6) is 1.51. The molecular formula is C26H32N2O7. The fourth-order valence-corrected chi connectivity index (χ4v) is 3.91. The van der Waals surface area contributed by atoms with Crippen LogP contribution in [-0.2, 0) is 16.0 Å². The number of aryl methyl sites for hydroxylation is 1. The summed E-state index contributed by atoms with van der Waals surface area (Å²) in [6.07, 6.45) is 1.57. The molecule has 3 rings (SSSR count). The molecule has 35 heavy (non-hydrogen) atoms. The van der Waals surface area contributed by atoms with Gasteiger partial charge in [0, 0.05) is 31.1 Å².